The van der Waals surface area contributed by atoms with Crippen molar-refractivity contribution in [1.29, 1.82) is 0 Å². The summed E-state index contributed by atoms with van der Waals surface area (Å²) < 4.78 is 0. The van der Waals surface area contributed by atoms with E-state index in [1.165, 1.54) is 18.4 Å². The van der Waals surface area contributed by atoms with Crippen molar-refractivity contribution in [2.24, 2.45) is 5.92 Å². The third-order valence-corrected chi connectivity index (χ3v) is 3.79. The smallest absolute Gasteiger partial charge is 0.258 e. The first kappa shape index (κ1) is 11.4. The molecule has 1 aromatic carbocycles. The number of non-ortho nitro benzene ring substituents is 1. The molecule has 0 radical (unpaired) electrons. The molecule has 0 heterocycles. The van der Waals surface area contributed by atoms with Crippen LogP contribution in [0.3, 0.4) is 0 Å². The van der Waals surface area contributed by atoms with Crippen LogP contribution in [0.25, 0.3) is 0 Å². The Morgan fingerprint density at radius 3 is 2.56 bits per heavy atom. The maximum absolute atomic E-state index is 10.5. The first-order valence-corrected chi connectivity index (χ1v) is 6.06. The van der Waals surface area contributed by atoms with E-state index >= 15 is 0 Å². The molecule has 2 atom stereocenters. The fourth-order valence-electron chi connectivity index (χ4n) is 2.50. The van der Waals surface area contributed by atoms with E-state index in [2.05, 4.69) is 0 Å². The van der Waals surface area contributed by atoms with Crippen molar-refractivity contribution >= 4 is 17.3 Å². The molecule has 1 aliphatic rings. The Kier molecular flexibility index (Phi) is 3.44. The van der Waals surface area contributed by atoms with Gasteiger partial charge in [0.25, 0.3) is 5.69 Å². The van der Waals surface area contributed by atoms with Gasteiger partial charge in [-0.3, -0.25) is 10.1 Å². The summed E-state index contributed by atoms with van der Waals surface area (Å²) in [5.74, 6) is 1.70. The largest absolute Gasteiger partial charge is 0.269 e. The predicted molar refractivity (Wildman–Crippen MR) is 63.9 cm³/mol. The van der Waals surface area contributed by atoms with Gasteiger partial charge in [0.15, 0.2) is 0 Å². The van der Waals surface area contributed by atoms with Crippen LogP contribution >= 0.6 is 11.6 Å². The summed E-state index contributed by atoms with van der Waals surface area (Å²) in [5, 5.41) is 10.5. The van der Waals surface area contributed by atoms with E-state index in [-0.39, 0.29) is 10.6 Å². The van der Waals surface area contributed by atoms with E-state index in [0.29, 0.717) is 17.7 Å². The summed E-state index contributed by atoms with van der Waals surface area (Å²) in [7, 11) is 0. The molecule has 1 fully saturated rings. The molecule has 3 nitrogen and oxygen atoms in total. The molecule has 0 saturated heterocycles. The number of hydrogen-bond acceptors (Lipinski definition) is 2. The molecule has 2 unspecified atom stereocenters. The maximum atomic E-state index is 10.5. The third kappa shape index (κ3) is 2.19. The van der Waals surface area contributed by atoms with Gasteiger partial charge in [0, 0.05) is 18.0 Å². The summed E-state index contributed by atoms with van der Waals surface area (Å²) in [4.78, 5) is 10.2. The standard InChI is InChI=1S/C12H14ClNO2/c13-8-10-2-1-3-12(10)9-4-6-11(7-5-9)14(15)16/h4-7,10,12H,1-3,8H2. The Morgan fingerprint density at radius 2 is 2.00 bits per heavy atom. The molecule has 16 heavy (non-hydrogen) atoms. The molecule has 1 saturated carbocycles. The fraction of sp³-hybridized carbons (Fsp3) is 0.500. The van der Waals surface area contributed by atoms with Crippen molar-refractivity contribution in [2.75, 3.05) is 5.88 Å². The average Bonchev–Trinajstić information content (AvgIpc) is 2.77. The summed E-state index contributed by atoms with van der Waals surface area (Å²) in [6.07, 6.45) is 3.53. The quantitative estimate of drug-likeness (QED) is 0.458. The van der Waals surface area contributed by atoms with Crippen LogP contribution in [0.2, 0.25) is 0 Å². The number of alkyl halides is 1. The zero-order valence-electron chi connectivity index (χ0n) is 8.93. The number of rotatable bonds is 3. The molecule has 0 spiro atoms. The van der Waals surface area contributed by atoms with Gasteiger partial charge in [0.2, 0.25) is 0 Å². The average molecular weight is 240 g/mol. The van der Waals surface area contributed by atoms with Gasteiger partial charge in [-0.1, -0.05) is 18.6 Å². The monoisotopic (exact) mass is 239 g/mol. The first-order valence-electron chi connectivity index (χ1n) is 5.52. The third-order valence-electron chi connectivity index (χ3n) is 3.39. The van der Waals surface area contributed by atoms with E-state index in [1.807, 2.05) is 12.1 Å². The van der Waals surface area contributed by atoms with Crippen LogP contribution in [-0.4, -0.2) is 10.8 Å². The summed E-state index contributed by atoms with van der Waals surface area (Å²) >= 11 is 5.93. The van der Waals surface area contributed by atoms with E-state index < -0.39 is 0 Å². The molecule has 86 valence electrons. The van der Waals surface area contributed by atoms with Gasteiger partial charge in [-0.05, 0) is 30.2 Å². The van der Waals surface area contributed by atoms with Crippen molar-refractivity contribution < 1.29 is 4.92 Å². The highest BCUT2D eigenvalue weighted by atomic mass is 35.5. The Bertz CT molecular complexity index is 377. The van der Waals surface area contributed by atoms with E-state index in [4.69, 9.17) is 11.6 Å². The lowest BCUT2D eigenvalue weighted by Crippen LogP contribution is -2.07. The zero-order valence-corrected chi connectivity index (χ0v) is 9.69. The van der Waals surface area contributed by atoms with Gasteiger partial charge in [-0.25, -0.2) is 0 Å². The Hall–Kier alpha value is -1.09. The van der Waals surface area contributed by atoms with E-state index in [1.54, 1.807) is 12.1 Å². The molecule has 0 bridgehead atoms. The van der Waals surface area contributed by atoms with Crippen molar-refractivity contribution in [3.05, 3.63) is 39.9 Å². The lowest BCUT2D eigenvalue weighted by atomic mass is 9.90. The molecule has 0 aliphatic heterocycles. The molecule has 1 aromatic rings. The van der Waals surface area contributed by atoms with Crippen LogP contribution in [0.5, 0.6) is 0 Å². The van der Waals surface area contributed by atoms with Crippen LogP contribution in [0.15, 0.2) is 24.3 Å². The number of nitrogens with zero attached hydrogens (tertiary/aromatic N) is 1. The Balaban J connectivity index is 2.18. The molecular weight excluding hydrogens is 226 g/mol. The molecular formula is C12H14ClNO2. The normalized spacial score (nSPS) is 24.6. The molecule has 1 aliphatic carbocycles. The number of hydrogen-bond donors (Lipinski definition) is 0. The van der Waals surface area contributed by atoms with Gasteiger partial charge in [-0.15, -0.1) is 11.6 Å². The van der Waals surface area contributed by atoms with Crippen LogP contribution in [-0.2, 0) is 0 Å². The van der Waals surface area contributed by atoms with Crippen LogP contribution in [0, 0.1) is 16.0 Å². The Labute approximate surface area is 99.6 Å². The predicted octanol–water partition coefficient (Wildman–Crippen LogP) is 3.72. The summed E-state index contributed by atoms with van der Waals surface area (Å²) in [6.45, 7) is 0. The van der Waals surface area contributed by atoms with Crippen LogP contribution in [0.1, 0.15) is 30.7 Å². The van der Waals surface area contributed by atoms with Crippen molar-refractivity contribution in [3.63, 3.8) is 0 Å². The summed E-state index contributed by atoms with van der Waals surface area (Å²) in [5.41, 5.74) is 1.35. The second kappa shape index (κ2) is 4.83. The number of halogens is 1. The molecule has 0 amide bonds. The summed E-state index contributed by atoms with van der Waals surface area (Å²) in [6, 6.07) is 6.90. The van der Waals surface area contributed by atoms with Gasteiger partial charge in [0.05, 0.1) is 4.92 Å². The minimum Gasteiger partial charge on any atom is -0.258 e. The molecule has 0 aromatic heterocycles. The van der Waals surface area contributed by atoms with Gasteiger partial charge in [-0.2, -0.15) is 0 Å². The van der Waals surface area contributed by atoms with Gasteiger partial charge in [0.1, 0.15) is 0 Å². The highest BCUT2D eigenvalue weighted by molar-refractivity contribution is 6.18. The number of benzene rings is 1. The lowest BCUT2D eigenvalue weighted by Gasteiger charge is -2.17. The molecule has 2 rings (SSSR count). The van der Waals surface area contributed by atoms with Gasteiger partial charge >= 0.3 is 0 Å². The highest BCUT2D eigenvalue weighted by Crippen LogP contribution is 2.40. The second-order valence-electron chi connectivity index (χ2n) is 4.30. The van der Waals surface area contributed by atoms with Crippen molar-refractivity contribution in [1.82, 2.24) is 0 Å². The van der Waals surface area contributed by atoms with Crippen LogP contribution in [0.4, 0.5) is 5.69 Å². The zero-order chi connectivity index (χ0) is 11.5. The minimum absolute atomic E-state index is 0.157. The molecule has 0 N–H and O–H groups in total. The minimum atomic E-state index is -0.364. The fourth-order valence-corrected chi connectivity index (χ4v) is 2.87. The SMILES string of the molecule is O=[N+]([O-])c1ccc(C2CCCC2CCl)cc1. The topological polar surface area (TPSA) is 43.1 Å². The Morgan fingerprint density at radius 1 is 1.31 bits per heavy atom. The van der Waals surface area contributed by atoms with Crippen LogP contribution < -0.4 is 0 Å². The lowest BCUT2D eigenvalue weighted by molar-refractivity contribution is -0.384. The van der Waals surface area contributed by atoms with E-state index in [9.17, 15) is 10.1 Å². The van der Waals surface area contributed by atoms with Crippen molar-refractivity contribution in [3.8, 4) is 0 Å². The van der Waals surface area contributed by atoms with E-state index in [0.717, 1.165) is 6.42 Å². The van der Waals surface area contributed by atoms with Crippen molar-refractivity contribution in [2.45, 2.75) is 25.2 Å². The number of nitro benzene ring substituents is 1. The number of nitro groups is 1. The first-order chi connectivity index (χ1) is 7.72. The highest BCUT2D eigenvalue weighted by Gasteiger charge is 2.27. The second-order valence-corrected chi connectivity index (χ2v) is 4.61. The molecule has 4 heteroatoms. The van der Waals surface area contributed by atoms with Gasteiger partial charge < -0.3 is 0 Å². The maximum Gasteiger partial charge on any atom is 0.269 e.